The van der Waals surface area contributed by atoms with E-state index >= 15 is 0 Å². The zero-order valence-electron chi connectivity index (χ0n) is 11.5. The van der Waals surface area contributed by atoms with E-state index < -0.39 is 0 Å². The molecule has 0 bridgehead atoms. The minimum absolute atomic E-state index is 0.718. The third-order valence-electron chi connectivity index (χ3n) is 3.46. The van der Waals surface area contributed by atoms with Gasteiger partial charge >= 0.3 is 0 Å². The second-order valence-corrected chi connectivity index (χ2v) is 4.88. The number of amidine groups is 1. The average Bonchev–Trinajstić information content (AvgIpc) is 3.22. The monoisotopic (exact) mass is 246 g/mol. The molecule has 18 heavy (non-hydrogen) atoms. The number of ether oxygens (including phenoxy) is 1. The Kier molecular flexibility index (Phi) is 4.24. The molecule has 98 valence electrons. The fourth-order valence-electron chi connectivity index (χ4n) is 2.21. The molecule has 0 unspecified atom stereocenters. The van der Waals surface area contributed by atoms with Gasteiger partial charge in [0.05, 0.1) is 7.11 Å². The normalized spacial score (nSPS) is 15.6. The summed E-state index contributed by atoms with van der Waals surface area (Å²) < 4.78 is 5.16. The molecular weight excluding hydrogens is 224 g/mol. The molecule has 3 heteroatoms. The van der Waals surface area contributed by atoms with Gasteiger partial charge in [0, 0.05) is 26.6 Å². The number of rotatable bonds is 5. The van der Waals surface area contributed by atoms with E-state index in [2.05, 4.69) is 29.1 Å². The van der Waals surface area contributed by atoms with Gasteiger partial charge in [-0.1, -0.05) is 12.1 Å². The van der Waals surface area contributed by atoms with Crippen molar-refractivity contribution in [2.45, 2.75) is 19.3 Å². The molecule has 3 nitrogen and oxygen atoms in total. The summed E-state index contributed by atoms with van der Waals surface area (Å²) in [4.78, 5) is 6.71. The zero-order chi connectivity index (χ0) is 13.0. The zero-order valence-corrected chi connectivity index (χ0v) is 11.5. The first-order chi connectivity index (χ1) is 8.74. The van der Waals surface area contributed by atoms with Gasteiger partial charge < -0.3 is 9.64 Å². The second-order valence-electron chi connectivity index (χ2n) is 4.88. The number of nitrogens with zero attached hydrogens (tertiary/aromatic N) is 2. The molecule has 1 aromatic rings. The molecule has 1 saturated carbocycles. The van der Waals surface area contributed by atoms with E-state index in [-0.39, 0.29) is 0 Å². The van der Waals surface area contributed by atoms with Crippen molar-refractivity contribution in [1.82, 2.24) is 4.90 Å². The number of hydrogen-bond acceptors (Lipinski definition) is 2. The van der Waals surface area contributed by atoms with Gasteiger partial charge in [-0.05, 0) is 37.0 Å². The van der Waals surface area contributed by atoms with Crippen LogP contribution in [-0.2, 0) is 6.42 Å². The van der Waals surface area contributed by atoms with Gasteiger partial charge in [0.1, 0.15) is 11.6 Å². The summed E-state index contributed by atoms with van der Waals surface area (Å²) in [6, 6.07) is 8.30. The van der Waals surface area contributed by atoms with E-state index in [4.69, 9.17) is 4.74 Å². The molecule has 0 radical (unpaired) electrons. The summed E-state index contributed by atoms with van der Waals surface area (Å²) in [6.45, 7) is 1.02. The minimum Gasteiger partial charge on any atom is -0.497 e. The Balaban J connectivity index is 1.86. The predicted molar refractivity (Wildman–Crippen MR) is 75.4 cm³/mol. The Morgan fingerprint density at radius 3 is 2.50 bits per heavy atom. The quantitative estimate of drug-likeness (QED) is 0.589. The first-order valence-corrected chi connectivity index (χ1v) is 6.55. The van der Waals surface area contributed by atoms with Crippen LogP contribution in [0.4, 0.5) is 0 Å². The molecule has 1 aliphatic rings. The molecule has 0 N–H and O–H groups in total. The van der Waals surface area contributed by atoms with E-state index in [1.54, 1.807) is 7.11 Å². The lowest BCUT2D eigenvalue weighted by molar-refractivity contribution is 0.414. The van der Waals surface area contributed by atoms with Gasteiger partial charge in [-0.15, -0.1) is 0 Å². The van der Waals surface area contributed by atoms with E-state index in [1.807, 2.05) is 19.2 Å². The number of benzene rings is 1. The highest BCUT2D eigenvalue weighted by molar-refractivity contribution is 5.86. The molecule has 2 rings (SSSR count). The summed E-state index contributed by atoms with van der Waals surface area (Å²) in [5, 5.41) is 0. The standard InChI is InChI=1S/C15H22N2O/c1-16-15(13-6-7-13)17(2)11-10-12-4-8-14(18-3)9-5-12/h4-5,8-9,13H,6-7,10-11H2,1-3H3. The summed E-state index contributed by atoms with van der Waals surface area (Å²) in [6.07, 6.45) is 3.66. The van der Waals surface area contributed by atoms with Crippen molar-refractivity contribution in [1.29, 1.82) is 0 Å². The molecule has 1 aliphatic carbocycles. The van der Waals surface area contributed by atoms with Crippen LogP contribution in [0.1, 0.15) is 18.4 Å². The SMILES string of the molecule is CN=C(C1CC1)N(C)CCc1ccc(OC)cc1. The molecular formula is C15H22N2O. The summed E-state index contributed by atoms with van der Waals surface area (Å²) >= 11 is 0. The molecule has 0 aromatic heterocycles. The number of aliphatic imine (C=N–C) groups is 1. The summed E-state index contributed by atoms with van der Waals surface area (Å²) in [5.41, 5.74) is 1.34. The number of hydrogen-bond donors (Lipinski definition) is 0. The number of likely N-dealkylation sites (N-methyl/N-ethyl adjacent to an activating group) is 1. The maximum absolute atomic E-state index is 5.16. The summed E-state index contributed by atoms with van der Waals surface area (Å²) in [7, 11) is 5.74. The van der Waals surface area contributed by atoms with Gasteiger partial charge in [0.25, 0.3) is 0 Å². The molecule has 1 aromatic carbocycles. The second kappa shape index (κ2) is 5.89. The maximum atomic E-state index is 5.16. The predicted octanol–water partition coefficient (Wildman–Crippen LogP) is 2.61. The van der Waals surface area contributed by atoms with E-state index in [0.29, 0.717) is 0 Å². The van der Waals surface area contributed by atoms with Crippen molar-refractivity contribution in [3.8, 4) is 5.75 Å². The van der Waals surface area contributed by atoms with Gasteiger partial charge in [-0.2, -0.15) is 0 Å². The van der Waals surface area contributed by atoms with Crippen molar-refractivity contribution in [3.63, 3.8) is 0 Å². The van der Waals surface area contributed by atoms with Crippen LogP contribution in [0.25, 0.3) is 0 Å². The van der Waals surface area contributed by atoms with Crippen LogP contribution < -0.4 is 4.74 Å². The third-order valence-corrected chi connectivity index (χ3v) is 3.46. The third kappa shape index (κ3) is 3.25. The van der Waals surface area contributed by atoms with Gasteiger partial charge in [-0.3, -0.25) is 4.99 Å². The Morgan fingerprint density at radius 2 is 2.00 bits per heavy atom. The van der Waals surface area contributed by atoms with Crippen LogP contribution in [0.15, 0.2) is 29.3 Å². The lowest BCUT2D eigenvalue weighted by Crippen LogP contribution is -2.30. The first kappa shape index (κ1) is 12.9. The molecule has 1 fully saturated rings. The molecule has 0 amide bonds. The molecule has 0 atom stereocenters. The Labute approximate surface area is 109 Å². The lowest BCUT2D eigenvalue weighted by atomic mass is 10.1. The fourth-order valence-corrected chi connectivity index (χ4v) is 2.21. The van der Waals surface area contributed by atoms with Crippen LogP contribution in [0.3, 0.4) is 0 Å². The summed E-state index contributed by atoms with van der Waals surface area (Å²) in [5.74, 6) is 2.90. The van der Waals surface area contributed by atoms with Crippen LogP contribution in [-0.4, -0.2) is 38.5 Å². The van der Waals surface area contributed by atoms with Crippen molar-refractivity contribution in [3.05, 3.63) is 29.8 Å². The van der Waals surface area contributed by atoms with E-state index in [9.17, 15) is 0 Å². The fraction of sp³-hybridized carbons (Fsp3) is 0.533. The number of methoxy groups -OCH3 is 1. The molecule has 0 saturated heterocycles. The Morgan fingerprint density at radius 1 is 1.33 bits per heavy atom. The topological polar surface area (TPSA) is 24.8 Å². The highest BCUT2D eigenvalue weighted by Crippen LogP contribution is 2.31. The van der Waals surface area contributed by atoms with Crippen molar-refractivity contribution in [2.75, 3.05) is 27.7 Å². The van der Waals surface area contributed by atoms with E-state index in [0.717, 1.165) is 24.6 Å². The average molecular weight is 246 g/mol. The van der Waals surface area contributed by atoms with Gasteiger partial charge in [0.2, 0.25) is 0 Å². The largest absolute Gasteiger partial charge is 0.497 e. The van der Waals surface area contributed by atoms with Gasteiger partial charge in [0.15, 0.2) is 0 Å². The van der Waals surface area contributed by atoms with Crippen LogP contribution >= 0.6 is 0 Å². The van der Waals surface area contributed by atoms with Crippen LogP contribution in [0.2, 0.25) is 0 Å². The molecule has 0 aliphatic heterocycles. The first-order valence-electron chi connectivity index (χ1n) is 6.55. The minimum atomic E-state index is 0.718. The molecule has 0 spiro atoms. The Bertz CT molecular complexity index is 407. The lowest BCUT2D eigenvalue weighted by Gasteiger charge is -2.21. The highest BCUT2D eigenvalue weighted by Gasteiger charge is 2.29. The Hall–Kier alpha value is -1.51. The van der Waals surface area contributed by atoms with Crippen LogP contribution in [0, 0.1) is 5.92 Å². The highest BCUT2D eigenvalue weighted by atomic mass is 16.5. The van der Waals surface area contributed by atoms with E-state index in [1.165, 1.54) is 24.2 Å². The maximum Gasteiger partial charge on any atom is 0.118 e. The van der Waals surface area contributed by atoms with Crippen molar-refractivity contribution < 1.29 is 4.74 Å². The van der Waals surface area contributed by atoms with Gasteiger partial charge in [-0.25, -0.2) is 0 Å². The van der Waals surface area contributed by atoms with Crippen molar-refractivity contribution in [2.24, 2.45) is 10.9 Å². The van der Waals surface area contributed by atoms with Crippen molar-refractivity contribution >= 4 is 5.84 Å². The smallest absolute Gasteiger partial charge is 0.118 e. The van der Waals surface area contributed by atoms with Crippen LogP contribution in [0.5, 0.6) is 5.75 Å². The molecule has 0 heterocycles.